The van der Waals surface area contributed by atoms with Gasteiger partial charge in [-0.3, -0.25) is 14.6 Å². The first-order valence-electron chi connectivity index (χ1n) is 8.95. The van der Waals surface area contributed by atoms with E-state index in [1.54, 1.807) is 29.1 Å². The highest BCUT2D eigenvalue weighted by atomic mass is 16.6. The van der Waals surface area contributed by atoms with Crippen LogP contribution in [0, 0.1) is 5.41 Å². The molecule has 0 aromatic carbocycles. The van der Waals surface area contributed by atoms with E-state index in [1.807, 2.05) is 12.1 Å². The smallest absolute Gasteiger partial charge is 0.409 e. The van der Waals surface area contributed by atoms with Gasteiger partial charge in [0, 0.05) is 45.1 Å². The Hall–Kier alpha value is -2.64. The molecule has 0 spiro atoms. The van der Waals surface area contributed by atoms with E-state index in [4.69, 9.17) is 4.74 Å². The first-order valence-corrected chi connectivity index (χ1v) is 8.95. The number of hydrogen-bond acceptors (Lipinski definition) is 5. The molecule has 1 N–H and O–H groups in total. The molecule has 1 aliphatic carbocycles. The number of nitrogens with one attached hydrogen (secondary N) is 1. The van der Waals surface area contributed by atoms with Crippen LogP contribution in [-0.2, 0) is 20.9 Å². The Morgan fingerprint density at radius 3 is 2.46 bits per heavy atom. The van der Waals surface area contributed by atoms with Crippen molar-refractivity contribution >= 4 is 17.9 Å². The molecule has 8 nitrogen and oxygen atoms in total. The minimum absolute atomic E-state index is 0.135. The van der Waals surface area contributed by atoms with Gasteiger partial charge < -0.3 is 19.9 Å². The summed E-state index contributed by atoms with van der Waals surface area (Å²) in [6.07, 6.45) is 4.16. The SMILES string of the molecule is CCOC(=O)N1CCN(C(=O)C2(C(=O)NCc3cccnc3)CC2)CC1. The summed E-state index contributed by atoms with van der Waals surface area (Å²) in [5, 5.41) is 2.85. The zero-order valence-corrected chi connectivity index (χ0v) is 14.9. The highest BCUT2D eigenvalue weighted by Crippen LogP contribution is 2.47. The molecule has 1 saturated carbocycles. The maximum absolute atomic E-state index is 12.9. The molecule has 3 rings (SSSR count). The van der Waals surface area contributed by atoms with E-state index in [1.165, 1.54) is 0 Å². The van der Waals surface area contributed by atoms with E-state index in [9.17, 15) is 14.4 Å². The van der Waals surface area contributed by atoms with Crippen LogP contribution in [0.15, 0.2) is 24.5 Å². The molecule has 26 heavy (non-hydrogen) atoms. The molecule has 8 heteroatoms. The Labute approximate surface area is 152 Å². The number of nitrogens with zero attached hydrogens (tertiary/aromatic N) is 3. The fraction of sp³-hybridized carbons (Fsp3) is 0.556. The van der Waals surface area contributed by atoms with Crippen molar-refractivity contribution in [2.75, 3.05) is 32.8 Å². The third-order valence-electron chi connectivity index (χ3n) is 4.86. The van der Waals surface area contributed by atoms with E-state index < -0.39 is 5.41 Å². The van der Waals surface area contributed by atoms with E-state index in [0.717, 1.165) is 5.56 Å². The molecule has 2 aliphatic rings. The molecule has 1 aromatic rings. The second-order valence-electron chi connectivity index (χ2n) is 6.60. The summed E-state index contributed by atoms with van der Waals surface area (Å²) < 4.78 is 4.98. The highest BCUT2D eigenvalue weighted by Gasteiger charge is 2.58. The van der Waals surface area contributed by atoms with Gasteiger partial charge in [-0.25, -0.2) is 4.79 Å². The summed E-state index contributed by atoms with van der Waals surface area (Å²) in [7, 11) is 0. The van der Waals surface area contributed by atoms with Crippen LogP contribution in [0.2, 0.25) is 0 Å². The lowest BCUT2D eigenvalue weighted by Crippen LogP contribution is -2.54. The van der Waals surface area contributed by atoms with Crippen LogP contribution in [0.1, 0.15) is 25.3 Å². The van der Waals surface area contributed by atoms with Crippen LogP contribution in [0.3, 0.4) is 0 Å². The molecule has 1 saturated heterocycles. The molecule has 1 aromatic heterocycles. The summed E-state index contributed by atoms with van der Waals surface area (Å²) in [4.78, 5) is 44.5. The standard InChI is InChI=1S/C18H24N4O4/c1-2-26-17(25)22-10-8-21(9-11-22)16(24)18(5-6-18)15(23)20-13-14-4-3-7-19-12-14/h3-4,7,12H,2,5-6,8-11,13H2,1H3,(H,20,23). The average Bonchev–Trinajstić information content (AvgIpc) is 3.49. The number of piperazine rings is 1. The average molecular weight is 360 g/mol. The quantitative estimate of drug-likeness (QED) is 0.784. The molecule has 3 amide bonds. The molecular formula is C18H24N4O4. The predicted molar refractivity (Wildman–Crippen MR) is 92.9 cm³/mol. The normalized spacial score (nSPS) is 18.2. The molecule has 140 valence electrons. The second kappa shape index (κ2) is 7.72. The monoisotopic (exact) mass is 360 g/mol. The maximum Gasteiger partial charge on any atom is 0.409 e. The predicted octanol–water partition coefficient (Wildman–Crippen LogP) is 0.779. The zero-order valence-electron chi connectivity index (χ0n) is 14.9. The van der Waals surface area contributed by atoms with E-state index in [2.05, 4.69) is 10.3 Å². The number of carbonyl (C=O) groups is 3. The van der Waals surface area contributed by atoms with Gasteiger partial charge in [-0.2, -0.15) is 0 Å². The van der Waals surface area contributed by atoms with Gasteiger partial charge in [-0.05, 0) is 31.4 Å². The van der Waals surface area contributed by atoms with E-state index >= 15 is 0 Å². The van der Waals surface area contributed by atoms with Crippen molar-refractivity contribution in [1.82, 2.24) is 20.1 Å². The zero-order chi connectivity index (χ0) is 18.6. The summed E-state index contributed by atoms with van der Waals surface area (Å²) in [6, 6.07) is 3.69. The van der Waals surface area contributed by atoms with Crippen molar-refractivity contribution in [2.24, 2.45) is 5.41 Å². The van der Waals surface area contributed by atoms with Gasteiger partial charge in [0.2, 0.25) is 11.8 Å². The molecule has 1 aliphatic heterocycles. The number of aromatic nitrogens is 1. The number of ether oxygens (including phenoxy) is 1. The minimum atomic E-state index is -0.936. The van der Waals surface area contributed by atoms with Gasteiger partial charge in [-0.15, -0.1) is 0 Å². The van der Waals surface area contributed by atoms with E-state index in [0.29, 0.717) is 52.2 Å². The van der Waals surface area contributed by atoms with Crippen molar-refractivity contribution in [1.29, 1.82) is 0 Å². The minimum Gasteiger partial charge on any atom is -0.450 e. The van der Waals surface area contributed by atoms with Crippen LogP contribution < -0.4 is 5.32 Å². The summed E-state index contributed by atoms with van der Waals surface area (Å²) in [6.45, 7) is 4.16. The number of pyridine rings is 1. The molecule has 2 heterocycles. The Kier molecular flexibility index (Phi) is 5.39. The molecule has 2 fully saturated rings. The number of rotatable bonds is 5. The van der Waals surface area contributed by atoms with Crippen molar-refractivity contribution in [3.63, 3.8) is 0 Å². The van der Waals surface area contributed by atoms with Gasteiger partial charge in [0.1, 0.15) is 5.41 Å². The van der Waals surface area contributed by atoms with Gasteiger partial charge in [0.05, 0.1) is 6.61 Å². The first-order chi connectivity index (χ1) is 12.6. The van der Waals surface area contributed by atoms with Crippen molar-refractivity contribution in [2.45, 2.75) is 26.3 Å². The largest absolute Gasteiger partial charge is 0.450 e. The van der Waals surface area contributed by atoms with Crippen LogP contribution in [0.5, 0.6) is 0 Å². The number of carbonyl (C=O) groups excluding carboxylic acids is 3. The second-order valence-corrected chi connectivity index (χ2v) is 6.60. The van der Waals surface area contributed by atoms with Crippen LogP contribution >= 0.6 is 0 Å². The summed E-state index contributed by atoms with van der Waals surface area (Å²) in [5.41, 5.74) is -0.0407. The van der Waals surface area contributed by atoms with Gasteiger partial charge in [0.25, 0.3) is 0 Å². The Balaban J connectivity index is 1.52. The van der Waals surface area contributed by atoms with Gasteiger partial charge in [-0.1, -0.05) is 6.07 Å². The van der Waals surface area contributed by atoms with Gasteiger partial charge in [0.15, 0.2) is 0 Å². The van der Waals surface area contributed by atoms with Gasteiger partial charge >= 0.3 is 6.09 Å². The highest BCUT2D eigenvalue weighted by molar-refractivity contribution is 6.07. The topological polar surface area (TPSA) is 91.8 Å². The van der Waals surface area contributed by atoms with E-state index in [-0.39, 0.29) is 17.9 Å². The first kappa shape index (κ1) is 18.2. The Morgan fingerprint density at radius 1 is 1.19 bits per heavy atom. The number of hydrogen-bond donors (Lipinski definition) is 1. The summed E-state index contributed by atoms with van der Waals surface area (Å²) in [5.74, 6) is -0.358. The molecule has 0 atom stereocenters. The molecule has 0 bridgehead atoms. The molecule has 0 unspecified atom stereocenters. The van der Waals surface area contributed by atoms with Crippen LogP contribution in [-0.4, -0.2) is 65.5 Å². The molecular weight excluding hydrogens is 336 g/mol. The molecule has 0 radical (unpaired) electrons. The third kappa shape index (κ3) is 3.79. The lowest BCUT2D eigenvalue weighted by atomic mass is 10.0. The Bertz CT molecular complexity index is 667. The van der Waals surface area contributed by atoms with Crippen molar-refractivity contribution in [3.05, 3.63) is 30.1 Å². The fourth-order valence-corrected chi connectivity index (χ4v) is 3.13. The van der Waals surface area contributed by atoms with Crippen molar-refractivity contribution < 1.29 is 19.1 Å². The lowest BCUT2D eigenvalue weighted by Gasteiger charge is -2.35. The number of amides is 3. The van der Waals surface area contributed by atoms with Crippen molar-refractivity contribution in [3.8, 4) is 0 Å². The third-order valence-corrected chi connectivity index (χ3v) is 4.86. The fourth-order valence-electron chi connectivity index (χ4n) is 3.13. The van der Waals surface area contributed by atoms with Crippen LogP contribution in [0.25, 0.3) is 0 Å². The maximum atomic E-state index is 12.9. The van der Waals surface area contributed by atoms with Crippen LogP contribution in [0.4, 0.5) is 4.79 Å². The lowest BCUT2D eigenvalue weighted by molar-refractivity contribution is -0.145. The summed E-state index contributed by atoms with van der Waals surface area (Å²) >= 11 is 0. The Morgan fingerprint density at radius 2 is 1.88 bits per heavy atom.